The van der Waals surface area contributed by atoms with Crippen LogP contribution in [-0.4, -0.2) is 33.8 Å². The van der Waals surface area contributed by atoms with E-state index in [-0.39, 0.29) is 5.78 Å². The highest BCUT2D eigenvalue weighted by atomic mass is 28.1. The molecule has 0 heterocycles. The number of allylic oxidation sites excluding steroid dienone is 5. The number of carbonyl (C=O) groups excluding carboxylic acids is 1. The van der Waals surface area contributed by atoms with Crippen LogP contribution < -0.4 is 0 Å². The minimum Gasteiger partial charge on any atom is -0.430 e. The van der Waals surface area contributed by atoms with E-state index >= 15 is 0 Å². The monoisotopic (exact) mass is 256 g/mol. The Morgan fingerprint density at radius 3 is 2.44 bits per heavy atom. The molecule has 0 fully saturated rings. The van der Waals surface area contributed by atoms with Gasteiger partial charge < -0.3 is 10.0 Å². The molecule has 0 saturated carbocycles. The molecule has 0 unspecified atom stereocenters. The van der Waals surface area contributed by atoms with Crippen molar-refractivity contribution in [3.05, 3.63) is 58.3 Å². The molecule has 2 N–H and O–H groups in total. The molecule has 1 aromatic rings. The van der Waals surface area contributed by atoms with E-state index in [9.17, 15) is 4.79 Å². The molecule has 3 nitrogen and oxygen atoms in total. The van der Waals surface area contributed by atoms with Crippen LogP contribution in [-0.2, 0) is 4.79 Å². The number of rotatable bonds is 0. The van der Waals surface area contributed by atoms with Crippen LogP contribution in [0.2, 0.25) is 0 Å². The molecule has 0 radical (unpaired) electrons. The zero-order valence-corrected chi connectivity index (χ0v) is 12.1. The van der Waals surface area contributed by atoms with Gasteiger partial charge in [0.1, 0.15) is 0 Å². The molecule has 90 valence electrons. The van der Waals surface area contributed by atoms with E-state index in [1.165, 1.54) is 5.56 Å². The molecule has 2 aliphatic carbocycles. The normalized spacial score (nSPS) is 15.7. The summed E-state index contributed by atoms with van der Waals surface area (Å²) in [5.41, 5.74) is 4.32. The molecule has 0 amide bonds. The van der Waals surface area contributed by atoms with Crippen LogP contribution in [0.1, 0.15) is 11.1 Å². The van der Waals surface area contributed by atoms with E-state index in [4.69, 9.17) is 10.0 Å². The predicted octanol–water partition coefficient (Wildman–Crippen LogP) is -0.464. The number of benzene rings is 1. The van der Waals surface area contributed by atoms with Gasteiger partial charge in [-0.3, -0.25) is 4.79 Å². The van der Waals surface area contributed by atoms with Crippen molar-refractivity contribution in [1.82, 2.24) is 0 Å². The van der Waals surface area contributed by atoms with Crippen LogP contribution in [0.4, 0.5) is 0 Å². The Bertz CT molecular complexity index is 588. The van der Waals surface area contributed by atoms with Gasteiger partial charge in [0.25, 0.3) is 0 Å². The van der Waals surface area contributed by atoms with Crippen LogP contribution in [0, 0.1) is 0 Å². The fraction of sp³-hybridized carbons (Fsp3) is 0. The van der Waals surface area contributed by atoms with Crippen LogP contribution in [0.5, 0.6) is 0 Å². The average Bonchev–Trinajstić information content (AvgIpc) is 2.74. The van der Waals surface area contributed by atoms with Crippen molar-refractivity contribution in [1.29, 1.82) is 0 Å². The van der Waals surface area contributed by atoms with Crippen LogP contribution >= 0.6 is 0 Å². The first-order valence-electron chi connectivity index (χ1n) is 5.65. The molecule has 2 aliphatic rings. The third kappa shape index (κ3) is 2.15. The van der Waals surface area contributed by atoms with Crippen LogP contribution in [0.25, 0.3) is 11.6 Å². The van der Waals surface area contributed by atoms with E-state index in [1.807, 2.05) is 24.3 Å². The highest BCUT2D eigenvalue weighted by Gasteiger charge is 2.25. The molecule has 5 heteroatoms. The SMILES string of the molecule is O=C1C([SiH3])=CC=C2C1=Cc1ccccc12.OBO. The van der Waals surface area contributed by atoms with Gasteiger partial charge in [-0.05, 0) is 28.0 Å². The number of carbonyl (C=O) groups is 1. The first kappa shape index (κ1) is 12.8. The lowest BCUT2D eigenvalue weighted by molar-refractivity contribution is -0.111. The summed E-state index contributed by atoms with van der Waals surface area (Å²) in [5, 5.41) is 15.2. The second-order valence-corrected chi connectivity index (χ2v) is 5.12. The zero-order chi connectivity index (χ0) is 13.1. The van der Waals surface area contributed by atoms with Gasteiger partial charge >= 0.3 is 7.69 Å². The zero-order valence-electron chi connectivity index (χ0n) is 10.1. The number of fused-ring (bicyclic) bond motifs is 3. The van der Waals surface area contributed by atoms with E-state index in [2.05, 4.69) is 18.2 Å². The molecule has 18 heavy (non-hydrogen) atoms. The molecule has 0 spiro atoms. The topological polar surface area (TPSA) is 57.5 Å². The van der Waals surface area contributed by atoms with Crippen LogP contribution in [0.3, 0.4) is 0 Å². The third-order valence-electron chi connectivity index (χ3n) is 2.94. The van der Waals surface area contributed by atoms with E-state index in [0.29, 0.717) is 0 Å². The molecule has 0 aliphatic heterocycles. The molecular formula is C13H13BO3Si. The molecule has 0 aromatic heterocycles. The lowest BCUT2D eigenvalue weighted by Gasteiger charge is -2.10. The first-order valence-corrected chi connectivity index (χ1v) is 6.65. The van der Waals surface area contributed by atoms with Crippen molar-refractivity contribution in [2.24, 2.45) is 0 Å². The maximum atomic E-state index is 11.9. The molecule has 3 rings (SSSR count). The summed E-state index contributed by atoms with van der Waals surface area (Å²) >= 11 is 0. The number of ketones is 1. The summed E-state index contributed by atoms with van der Waals surface area (Å²) in [6.07, 6.45) is 6.04. The molecule has 1 aromatic carbocycles. The predicted molar refractivity (Wildman–Crippen MR) is 77.0 cm³/mol. The van der Waals surface area contributed by atoms with Gasteiger partial charge in [0.2, 0.25) is 0 Å². The highest BCUT2D eigenvalue weighted by molar-refractivity contribution is 6.44. The highest BCUT2D eigenvalue weighted by Crippen LogP contribution is 2.38. The smallest absolute Gasteiger partial charge is 0.430 e. The van der Waals surface area contributed by atoms with E-state index < -0.39 is 7.69 Å². The summed E-state index contributed by atoms with van der Waals surface area (Å²) in [6, 6.07) is 8.15. The first-order chi connectivity index (χ1) is 8.69. The minimum absolute atomic E-state index is 0.218. The number of hydrogen-bond donors (Lipinski definition) is 2. The lowest BCUT2D eigenvalue weighted by atomic mass is 9.96. The fourth-order valence-corrected chi connectivity index (χ4v) is 2.55. The molecule has 0 bridgehead atoms. The lowest BCUT2D eigenvalue weighted by Crippen LogP contribution is -2.08. The summed E-state index contributed by atoms with van der Waals surface area (Å²) in [4.78, 5) is 11.9. The van der Waals surface area contributed by atoms with Crippen molar-refractivity contribution in [2.45, 2.75) is 0 Å². The van der Waals surface area contributed by atoms with Gasteiger partial charge in [-0.25, -0.2) is 0 Å². The van der Waals surface area contributed by atoms with E-state index in [0.717, 1.165) is 32.1 Å². The summed E-state index contributed by atoms with van der Waals surface area (Å²) in [7, 11) is 0.0731. The maximum absolute atomic E-state index is 11.9. The third-order valence-corrected chi connectivity index (χ3v) is 3.73. The fourth-order valence-electron chi connectivity index (χ4n) is 2.11. The largest absolute Gasteiger partial charge is 0.432 e. The Morgan fingerprint density at radius 2 is 1.72 bits per heavy atom. The average molecular weight is 256 g/mol. The minimum atomic E-state index is -0.750. The Labute approximate surface area is 109 Å². The maximum Gasteiger partial charge on any atom is 0.432 e. The second kappa shape index (κ2) is 5.31. The standard InChI is InChI=1S/C13H10OSi.BH3O2/c14-13-11-7-8-3-1-2-4-9(8)10(11)5-6-12(13)15;2-1-3/h1-7H,15H3;1-3H. The Hall–Kier alpha value is -1.69. The Kier molecular flexibility index (Phi) is 3.76. The Morgan fingerprint density at radius 1 is 1.06 bits per heavy atom. The molecular weight excluding hydrogens is 243 g/mol. The van der Waals surface area contributed by atoms with Crippen molar-refractivity contribution in [3.8, 4) is 0 Å². The van der Waals surface area contributed by atoms with Gasteiger partial charge in [-0.15, -0.1) is 0 Å². The van der Waals surface area contributed by atoms with Crippen molar-refractivity contribution in [2.75, 3.05) is 0 Å². The summed E-state index contributed by atoms with van der Waals surface area (Å²) in [6.45, 7) is 0. The van der Waals surface area contributed by atoms with Gasteiger partial charge in [-0.2, -0.15) is 0 Å². The Balaban J connectivity index is 0.000000367. The molecule has 0 atom stereocenters. The quantitative estimate of drug-likeness (QED) is 0.617. The van der Waals surface area contributed by atoms with Gasteiger partial charge in [0.15, 0.2) is 5.78 Å². The second-order valence-electron chi connectivity index (χ2n) is 4.05. The van der Waals surface area contributed by atoms with Crippen molar-refractivity contribution >= 4 is 35.4 Å². The van der Waals surface area contributed by atoms with Crippen molar-refractivity contribution in [3.63, 3.8) is 0 Å². The van der Waals surface area contributed by atoms with Gasteiger partial charge in [0, 0.05) is 15.8 Å². The summed E-state index contributed by atoms with van der Waals surface area (Å²) < 4.78 is 0. The van der Waals surface area contributed by atoms with Gasteiger partial charge in [0.05, 0.1) is 0 Å². The molecule has 0 saturated heterocycles. The van der Waals surface area contributed by atoms with Crippen LogP contribution in [0.15, 0.2) is 47.2 Å². The van der Waals surface area contributed by atoms with E-state index in [1.54, 1.807) is 0 Å². The van der Waals surface area contributed by atoms with Crippen molar-refractivity contribution < 1.29 is 14.8 Å². The number of Topliss-reactive ketones (excluding diaryl/α,β-unsaturated/α-hetero) is 1. The number of hydrogen-bond acceptors (Lipinski definition) is 3. The van der Waals surface area contributed by atoms with Gasteiger partial charge in [-0.1, -0.05) is 36.4 Å². The summed E-state index contributed by atoms with van der Waals surface area (Å²) in [5.74, 6) is 0.218.